The van der Waals surface area contributed by atoms with Gasteiger partial charge in [-0.05, 0) is 13.1 Å². The van der Waals surface area contributed by atoms with Gasteiger partial charge in [0.1, 0.15) is 0 Å². The highest BCUT2D eigenvalue weighted by atomic mass is 19.4. The zero-order valence-electron chi connectivity index (χ0n) is 6.40. The molecular weight excluding hydrogens is 171 g/mol. The second-order valence-electron chi connectivity index (χ2n) is 2.30. The minimum Gasteiger partial charge on any atom is -0.459 e. The minimum atomic E-state index is -4.39. The van der Waals surface area contributed by atoms with Crippen molar-refractivity contribution in [3.8, 4) is 0 Å². The predicted octanol–water partition coefficient (Wildman–Crippen LogP) is 2.02. The molecule has 0 atom stereocenters. The Morgan fingerprint density at radius 1 is 1.50 bits per heavy atom. The maximum atomic E-state index is 12.1. The first-order valence-corrected chi connectivity index (χ1v) is 3.34. The molecule has 0 spiro atoms. The third-order valence-corrected chi connectivity index (χ3v) is 1.37. The van der Waals surface area contributed by atoms with Crippen LogP contribution in [0.25, 0.3) is 0 Å². The molecule has 0 aliphatic heterocycles. The lowest BCUT2D eigenvalue weighted by atomic mass is 10.2. The van der Waals surface area contributed by atoms with E-state index in [1.807, 2.05) is 0 Å². The van der Waals surface area contributed by atoms with Crippen LogP contribution in [-0.4, -0.2) is 7.05 Å². The number of rotatable bonds is 2. The molecule has 0 saturated heterocycles. The van der Waals surface area contributed by atoms with Crippen LogP contribution in [0.3, 0.4) is 0 Å². The van der Waals surface area contributed by atoms with Crippen LogP contribution in [0.2, 0.25) is 0 Å². The van der Waals surface area contributed by atoms with Gasteiger partial charge in [0.05, 0.1) is 6.26 Å². The van der Waals surface area contributed by atoms with Crippen molar-refractivity contribution in [2.45, 2.75) is 12.7 Å². The number of nitrogens with one attached hydrogen (secondary N) is 1. The lowest BCUT2D eigenvalue weighted by Gasteiger charge is -2.04. The molecule has 68 valence electrons. The molecule has 0 fully saturated rings. The van der Waals surface area contributed by atoms with E-state index in [0.29, 0.717) is 0 Å². The zero-order chi connectivity index (χ0) is 9.19. The van der Waals surface area contributed by atoms with Crippen molar-refractivity contribution < 1.29 is 17.6 Å². The summed E-state index contributed by atoms with van der Waals surface area (Å²) in [6.45, 7) is 0.158. The van der Waals surface area contributed by atoms with Crippen LogP contribution in [0.5, 0.6) is 0 Å². The van der Waals surface area contributed by atoms with E-state index in [2.05, 4.69) is 9.73 Å². The van der Waals surface area contributed by atoms with Crippen molar-refractivity contribution in [2.24, 2.45) is 0 Å². The third-order valence-electron chi connectivity index (χ3n) is 1.37. The average molecular weight is 179 g/mol. The fourth-order valence-electron chi connectivity index (χ4n) is 0.914. The number of hydrogen-bond donors (Lipinski definition) is 1. The Labute approximate surface area is 67.4 Å². The van der Waals surface area contributed by atoms with Crippen molar-refractivity contribution in [1.82, 2.24) is 5.32 Å². The Kier molecular flexibility index (Phi) is 2.42. The summed E-state index contributed by atoms with van der Waals surface area (Å²) >= 11 is 0. The summed E-state index contributed by atoms with van der Waals surface area (Å²) in [6, 6.07) is 1.30. The van der Waals surface area contributed by atoms with Crippen LogP contribution in [-0.2, 0) is 12.7 Å². The Hall–Kier alpha value is -0.970. The summed E-state index contributed by atoms with van der Waals surface area (Å²) in [6.07, 6.45) is -3.36. The van der Waals surface area contributed by atoms with Crippen molar-refractivity contribution in [2.75, 3.05) is 7.05 Å². The molecule has 0 aliphatic rings. The molecule has 0 unspecified atom stereocenters. The van der Waals surface area contributed by atoms with Crippen molar-refractivity contribution in [3.05, 3.63) is 23.7 Å². The summed E-state index contributed by atoms with van der Waals surface area (Å²) in [5.74, 6) is -0.920. The van der Waals surface area contributed by atoms with Crippen LogP contribution in [0.4, 0.5) is 13.2 Å². The van der Waals surface area contributed by atoms with Gasteiger partial charge < -0.3 is 9.73 Å². The lowest BCUT2D eigenvalue weighted by Crippen LogP contribution is -2.11. The first kappa shape index (κ1) is 9.12. The molecule has 0 aromatic carbocycles. The summed E-state index contributed by atoms with van der Waals surface area (Å²) in [4.78, 5) is 0. The SMILES string of the molecule is CNCc1ccoc1C(F)(F)F. The average Bonchev–Trinajstić information content (AvgIpc) is 2.34. The minimum absolute atomic E-state index is 0.130. The summed E-state index contributed by atoms with van der Waals surface area (Å²) in [5.41, 5.74) is 0.130. The van der Waals surface area contributed by atoms with E-state index in [1.165, 1.54) is 6.07 Å². The van der Waals surface area contributed by atoms with Gasteiger partial charge in [-0.25, -0.2) is 0 Å². The van der Waals surface area contributed by atoms with Gasteiger partial charge in [0.25, 0.3) is 0 Å². The summed E-state index contributed by atoms with van der Waals surface area (Å²) in [5, 5.41) is 2.62. The molecule has 1 rings (SSSR count). The second kappa shape index (κ2) is 3.18. The molecule has 1 heterocycles. The van der Waals surface area contributed by atoms with Crippen LogP contribution >= 0.6 is 0 Å². The number of halogens is 3. The van der Waals surface area contributed by atoms with Gasteiger partial charge >= 0.3 is 6.18 Å². The number of alkyl halides is 3. The molecule has 12 heavy (non-hydrogen) atoms. The Morgan fingerprint density at radius 3 is 2.67 bits per heavy atom. The predicted molar refractivity (Wildman–Crippen MR) is 36.5 cm³/mol. The van der Waals surface area contributed by atoms with Crippen LogP contribution in [0.15, 0.2) is 16.7 Å². The van der Waals surface area contributed by atoms with Crippen molar-refractivity contribution in [1.29, 1.82) is 0 Å². The molecule has 0 saturated carbocycles. The molecule has 0 aliphatic carbocycles. The molecule has 1 aromatic rings. The fourth-order valence-corrected chi connectivity index (χ4v) is 0.914. The molecule has 1 aromatic heterocycles. The zero-order valence-corrected chi connectivity index (χ0v) is 6.40. The van der Waals surface area contributed by atoms with Gasteiger partial charge in [-0.15, -0.1) is 0 Å². The van der Waals surface area contributed by atoms with Gasteiger partial charge in [0.2, 0.25) is 5.76 Å². The first-order valence-electron chi connectivity index (χ1n) is 3.34. The van der Waals surface area contributed by atoms with Crippen LogP contribution in [0.1, 0.15) is 11.3 Å². The van der Waals surface area contributed by atoms with E-state index in [9.17, 15) is 13.2 Å². The van der Waals surface area contributed by atoms with E-state index < -0.39 is 11.9 Å². The lowest BCUT2D eigenvalue weighted by molar-refractivity contribution is -0.153. The number of hydrogen-bond acceptors (Lipinski definition) is 2. The van der Waals surface area contributed by atoms with E-state index in [0.717, 1.165) is 6.26 Å². The van der Waals surface area contributed by atoms with E-state index in [4.69, 9.17) is 0 Å². The van der Waals surface area contributed by atoms with Gasteiger partial charge in [0.15, 0.2) is 0 Å². The van der Waals surface area contributed by atoms with Crippen LogP contribution < -0.4 is 5.32 Å². The van der Waals surface area contributed by atoms with E-state index in [1.54, 1.807) is 7.05 Å². The molecular formula is C7H8F3NO. The molecule has 0 radical (unpaired) electrons. The first-order chi connectivity index (χ1) is 5.55. The highest BCUT2D eigenvalue weighted by molar-refractivity contribution is 5.19. The number of furan rings is 1. The van der Waals surface area contributed by atoms with Gasteiger partial charge in [0, 0.05) is 12.1 Å². The Morgan fingerprint density at radius 2 is 2.17 bits per heavy atom. The summed E-state index contributed by atoms with van der Waals surface area (Å²) < 4.78 is 40.6. The van der Waals surface area contributed by atoms with E-state index >= 15 is 0 Å². The maximum Gasteiger partial charge on any atom is 0.449 e. The highest BCUT2D eigenvalue weighted by Gasteiger charge is 2.36. The van der Waals surface area contributed by atoms with Crippen LogP contribution in [0, 0.1) is 0 Å². The fraction of sp³-hybridized carbons (Fsp3) is 0.429. The topological polar surface area (TPSA) is 25.2 Å². The molecule has 1 N–H and O–H groups in total. The van der Waals surface area contributed by atoms with Gasteiger partial charge in [-0.3, -0.25) is 0 Å². The highest BCUT2D eigenvalue weighted by Crippen LogP contribution is 2.32. The quantitative estimate of drug-likeness (QED) is 0.751. The van der Waals surface area contributed by atoms with Crippen molar-refractivity contribution in [3.63, 3.8) is 0 Å². The normalized spacial score (nSPS) is 12.0. The molecule has 5 heteroatoms. The summed E-state index contributed by atoms with van der Waals surface area (Å²) in [7, 11) is 1.58. The largest absolute Gasteiger partial charge is 0.459 e. The van der Waals surface area contributed by atoms with Gasteiger partial charge in [-0.2, -0.15) is 13.2 Å². The monoisotopic (exact) mass is 179 g/mol. The van der Waals surface area contributed by atoms with Gasteiger partial charge in [-0.1, -0.05) is 0 Å². The second-order valence-corrected chi connectivity index (χ2v) is 2.30. The van der Waals surface area contributed by atoms with Crippen molar-refractivity contribution >= 4 is 0 Å². The molecule has 0 bridgehead atoms. The molecule has 2 nitrogen and oxygen atoms in total. The standard InChI is InChI=1S/C7H8F3NO/c1-11-4-5-2-3-12-6(5)7(8,9)10/h2-3,11H,4H2,1H3. The Bertz CT molecular complexity index is 253. The van der Waals surface area contributed by atoms with E-state index in [-0.39, 0.29) is 12.1 Å². The molecule has 0 amide bonds. The smallest absolute Gasteiger partial charge is 0.449 e. The third kappa shape index (κ3) is 1.79. The maximum absolute atomic E-state index is 12.1. The Balaban J connectivity index is 2.91.